The van der Waals surface area contributed by atoms with Gasteiger partial charge in [-0.05, 0) is 38.8 Å². The molecule has 2 N–H and O–H groups in total. The number of halogens is 2. The molecule has 6 rings (SSSR count). The Morgan fingerprint density at radius 1 is 1.14 bits per heavy atom. The van der Waals surface area contributed by atoms with Gasteiger partial charge in [0.05, 0.1) is 21.3 Å². The minimum absolute atomic E-state index is 0.142. The lowest BCUT2D eigenvalue weighted by Gasteiger charge is -2.40. The highest BCUT2D eigenvalue weighted by atomic mass is 35.5. The predicted octanol–water partition coefficient (Wildman–Crippen LogP) is 4.84. The first-order valence-corrected chi connectivity index (χ1v) is 13.8. The lowest BCUT2D eigenvalue weighted by atomic mass is 9.74. The average Bonchev–Trinajstić information content (AvgIpc) is 3.17. The van der Waals surface area contributed by atoms with Crippen molar-refractivity contribution in [1.82, 2.24) is 15.0 Å². The number of benzene rings is 1. The zero-order valence-corrected chi connectivity index (χ0v) is 22.6. The Bertz CT molecular complexity index is 1530. The molecule has 0 amide bonds. The van der Waals surface area contributed by atoms with Gasteiger partial charge in [-0.2, -0.15) is 10.2 Å². The summed E-state index contributed by atoms with van der Waals surface area (Å²) in [7, 11) is 0. The third-order valence-electron chi connectivity index (χ3n) is 7.79. The fourth-order valence-electron chi connectivity index (χ4n) is 5.71. The molecular formula is C26H23Cl2N7OS. The molecule has 0 saturated carbocycles. The number of anilines is 2. The van der Waals surface area contributed by atoms with E-state index < -0.39 is 16.1 Å². The van der Waals surface area contributed by atoms with Gasteiger partial charge in [0.2, 0.25) is 5.95 Å². The minimum atomic E-state index is -1.36. The maximum atomic E-state index is 13.1. The normalized spacial score (nSPS) is 20.9. The van der Waals surface area contributed by atoms with Crippen LogP contribution in [-0.4, -0.2) is 38.3 Å². The molecule has 188 valence electrons. The van der Waals surface area contributed by atoms with E-state index in [1.807, 2.05) is 31.0 Å². The van der Waals surface area contributed by atoms with Gasteiger partial charge in [-0.3, -0.25) is 4.98 Å². The molecule has 3 aromatic rings. The lowest BCUT2D eigenvalue weighted by Crippen LogP contribution is -2.46. The van der Waals surface area contributed by atoms with Crippen molar-refractivity contribution in [2.75, 3.05) is 23.7 Å². The van der Waals surface area contributed by atoms with Crippen molar-refractivity contribution in [3.8, 4) is 17.2 Å². The van der Waals surface area contributed by atoms with E-state index in [9.17, 15) is 9.81 Å². The van der Waals surface area contributed by atoms with Gasteiger partial charge < -0.3 is 15.2 Å². The SMILES string of the molecule is CC1(C)c2ccnc3c2C(=N[S@+]1[O-])C1(CCN(c2nc(N)c(-c4cccc(Cl)c4Cl)c(C#N)n2)CC1)C3. The monoisotopic (exact) mass is 551 g/mol. The van der Waals surface area contributed by atoms with E-state index in [0.717, 1.165) is 41.8 Å². The number of nitriles is 1. The zero-order valence-electron chi connectivity index (χ0n) is 20.3. The van der Waals surface area contributed by atoms with Crippen molar-refractivity contribution >= 4 is 52.0 Å². The Kier molecular flexibility index (Phi) is 5.66. The molecule has 0 unspecified atom stereocenters. The van der Waals surface area contributed by atoms with E-state index >= 15 is 0 Å². The number of hydrogen-bond acceptors (Lipinski definition) is 8. The molecular weight excluding hydrogens is 529 g/mol. The number of aromatic nitrogens is 3. The summed E-state index contributed by atoms with van der Waals surface area (Å²) in [4.78, 5) is 15.8. The molecule has 1 saturated heterocycles. The van der Waals surface area contributed by atoms with Crippen LogP contribution in [-0.2, 0) is 22.5 Å². The topological polar surface area (TPSA) is 127 Å². The summed E-state index contributed by atoms with van der Waals surface area (Å²) < 4.78 is 17.3. The Morgan fingerprint density at radius 3 is 2.62 bits per heavy atom. The maximum Gasteiger partial charge on any atom is 0.228 e. The molecule has 2 aromatic heterocycles. The first-order valence-electron chi connectivity index (χ1n) is 11.9. The number of hydrogen-bond donors (Lipinski definition) is 1. The number of piperidine rings is 1. The molecule has 0 bridgehead atoms. The van der Waals surface area contributed by atoms with Gasteiger partial charge in [0, 0.05) is 47.8 Å². The van der Waals surface area contributed by atoms with Gasteiger partial charge in [-0.25, -0.2) is 4.98 Å². The number of rotatable bonds is 2. The molecule has 2 aliphatic heterocycles. The quantitative estimate of drug-likeness (QED) is 0.451. The van der Waals surface area contributed by atoms with E-state index in [-0.39, 0.29) is 16.9 Å². The van der Waals surface area contributed by atoms with Crippen molar-refractivity contribution in [3.63, 3.8) is 0 Å². The fraction of sp³-hybridized carbons (Fsp3) is 0.346. The third-order valence-corrected chi connectivity index (χ3v) is 10.0. The smallest absolute Gasteiger partial charge is 0.228 e. The number of nitrogens with zero attached hydrogens (tertiary/aromatic N) is 6. The molecule has 8 nitrogen and oxygen atoms in total. The van der Waals surface area contributed by atoms with Crippen LogP contribution in [0.15, 0.2) is 34.9 Å². The zero-order chi connectivity index (χ0) is 26.1. The van der Waals surface area contributed by atoms with E-state index in [1.54, 1.807) is 18.2 Å². The average molecular weight is 552 g/mol. The van der Waals surface area contributed by atoms with Crippen LogP contribution in [0, 0.1) is 16.7 Å². The molecule has 1 spiro atoms. The Labute approximate surface area is 227 Å². The van der Waals surface area contributed by atoms with E-state index in [0.29, 0.717) is 40.2 Å². The van der Waals surface area contributed by atoms with Crippen molar-refractivity contribution < 1.29 is 4.55 Å². The van der Waals surface area contributed by atoms with Crippen LogP contribution in [0.25, 0.3) is 11.1 Å². The molecule has 3 aliphatic rings. The van der Waals surface area contributed by atoms with Crippen LogP contribution in [0.5, 0.6) is 0 Å². The predicted molar refractivity (Wildman–Crippen MR) is 146 cm³/mol. The summed E-state index contributed by atoms with van der Waals surface area (Å²) in [6.45, 7) is 5.22. The molecule has 1 fully saturated rings. The molecule has 4 heterocycles. The summed E-state index contributed by atoms with van der Waals surface area (Å²) >= 11 is 11.2. The summed E-state index contributed by atoms with van der Waals surface area (Å²) in [5.74, 6) is 0.567. The summed E-state index contributed by atoms with van der Waals surface area (Å²) in [5.41, 5.74) is 11.2. The van der Waals surface area contributed by atoms with Crippen LogP contribution in [0.1, 0.15) is 49.2 Å². The van der Waals surface area contributed by atoms with Crippen LogP contribution >= 0.6 is 23.2 Å². The highest BCUT2D eigenvalue weighted by Crippen LogP contribution is 2.51. The van der Waals surface area contributed by atoms with Crippen LogP contribution in [0.2, 0.25) is 10.0 Å². The van der Waals surface area contributed by atoms with Gasteiger partial charge in [0.1, 0.15) is 29.0 Å². The second kappa shape index (κ2) is 8.57. The van der Waals surface area contributed by atoms with Gasteiger partial charge >= 0.3 is 0 Å². The fourth-order valence-corrected chi connectivity index (χ4v) is 7.14. The number of nitrogen functional groups attached to an aromatic ring is 1. The van der Waals surface area contributed by atoms with Crippen LogP contribution in [0.4, 0.5) is 11.8 Å². The van der Waals surface area contributed by atoms with Crippen molar-refractivity contribution in [3.05, 3.63) is 63.0 Å². The number of fused-ring (bicyclic) bond motifs is 1. The van der Waals surface area contributed by atoms with E-state index in [2.05, 4.69) is 21.0 Å². The molecule has 0 radical (unpaired) electrons. The van der Waals surface area contributed by atoms with E-state index in [1.165, 1.54) is 0 Å². The molecule has 11 heteroatoms. The van der Waals surface area contributed by atoms with Crippen LogP contribution < -0.4 is 10.6 Å². The summed E-state index contributed by atoms with van der Waals surface area (Å²) in [6.07, 6.45) is 4.13. The summed E-state index contributed by atoms with van der Waals surface area (Å²) in [6, 6.07) is 9.27. The van der Waals surface area contributed by atoms with Gasteiger partial charge in [0.25, 0.3) is 0 Å². The first-order chi connectivity index (χ1) is 17.7. The highest BCUT2D eigenvalue weighted by molar-refractivity contribution is 7.91. The van der Waals surface area contributed by atoms with Gasteiger partial charge in [-0.15, -0.1) is 0 Å². The maximum absolute atomic E-state index is 13.1. The van der Waals surface area contributed by atoms with Crippen molar-refractivity contribution in [1.29, 1.82) is 5.26 Å². The molecule has 1 aromatic carbocycles. The van der Waals surface area contributed by atoms with E-state index in [4.69, 9.17) is 33.3 Å². The second-order valence-corrected chi connectivity index (χ2v) is 12.7. The third kappa shape index (κ3) is 3.62. The minimum Gasteiger partial charge on any atom is -0.591 e. The standard InChI is InChI=1S/C26H23Cl2N7OS/c1-25(2)15-6-9-31-17-12-26(22(20(15)17)34-37(25)36)7-10-35(11-8-26)24-32-18(13-29)19(23(30)33-24)14-4-3-5-16(27)21(14)28/h3-6,9H,7-8,10-12H2,1-2H3,(H2,30,32,33)/t37-/m1/s1. The second-order valence-electron chi connectivity index (χ2n) is 10.2. The Morgan fingerprint density at radius 2 is 1.89 bits per heavy atom. The largest absolute Gasteiger partial charge is 0.591 e. The Balaban J connectivity index is 1.31. The first kappa shape index (κ1) is 24.4. The highest BCUT2D eigenvalue weighted by Gasteiger charge is 2.54. The van der Waals surface area contributed by atoms with Crippen molar-refractivity contribution in [2.24, 2.45) is 9.81 Å². The van der Waals surface area contributed by atoms with Gasteiger partial charge in [-0.1, -0.05) is 39.7 Å². The lowest BCUT2D eigenvalue weighted by molar-refractivity contribution is 0.327. The Hall–Kier alpha value is -2.90. The van der Waals surface area contributed by atoms with Crippen molar-refractivity contribution in [2.45, 2.75) is 37.9 Å². The molecule has 37 heavy (non-hydrogen) atoms. The number of pyridine rings is 1. The molecule has 1 aliphatic carbocycles. The number of nitrogens with two attached hydrogens (primary N) is 1. The summed E-state index contributed by atoms with van der Waals surface area (Å²) in [5, 5.41) is 10.5. The molecule has 1 atom stereocenters. The van der Waals surface area contributed by atoms with Crippen LogP contribution in [0.3, 0.4) is 0 Å². The van der Waals surface area contributed by atoms with Gasteiger partial charge in [0.15, 0.2) is 10.4 Å².